The number of nitrogens with zero attached hydrogens (tertiary/aromatic N) is 2. The predicted molar refractivity (Wildman–Crippen MR) is 80.6 cm³/mol. The van der Waals surface area contributed by atoms with Crippen molar-refractivity contribution in [1.29, 1.82) is 0 Å². The Labute approximate surface area is 125 Å². The second-order valence-corrected chi connectivity index (χ2v) is 6.14. The summed E-state index contributed by atoms with van der Waals surface area (Å²) in [7, 11) is 0. The molecule has 20 heavy (non-hydrogen) atoms. The van der Waals surface area contributed by atoms with E-state index in [0.29, 0.717) is 5.82 Å². The lowest BCUT2D eigenvalue weighted by Crippen LogP contribution is -2.28. The van der Waals surface area contributed by atoms with Gasteiger partial charge in [-0.2, -0.15) is 0 Å². The topological polar surface area (TPSA) is 70.7 Å². The van der Waals surface area contributed by atoms with Gasteiger partial charge in [-0.1, -0.05) is 11.6 Å². The molecule has 7 heteroatoms. The quantitative estimate of drug-likeness (QED) is 0.893. The number of H-pyrrole nitrogens is 1. The monoisotopic (exact) mass is 310 g/mol. The zero-order chi connectivity index (χ0) is 14.1. The average molecular weight is 311 g/mol. The molecular formula is C13H15ClN4OS. The van der Waals surface area contributed by atoms with Gasteiger partial charge in [0, 0.05) is 5.92 Å². The van der Waals surface area contributed by atoms with Crippen LogP contribution in [0.5, 0.6) is 0 Å². The van der Waals surface area contributed by atoms with Gasteiger partial charge in [0.1, 0.15) is 5.02 Å². The molecular weight excluding hydrogens is 296 g/mol. The van der Waals surface area contributed by atoms with Crippen LogP contribution in [0.4, 0.5) is 0 Å². The molecule has 0 radical (unpaired) electrons. The maximum atomic E-state index is 12.1. The van der Waals surface area contributed by atoms with Gasteiger partial charge >= 0.3 is 0 Å². The highest BCUT2D eigenvalue weighted by molar-refractivity contribution is 7.13. The van der Waals surface area contributed by atoms with Crippen molar-refractivity contribution in [2.24, 2.45) is 0 Å². The van der Waals surface area contributed by atoms with Crippen molar-refractivity contribution in [3.8, 4) is 10.7 Å². The second-order valence-electron chi connectivity index (χ2n) is 4.90. The van der Waals surface area contributed by atoms with E-state index in [1.165, 1.54) is 11.3 Å². The Morgan fingerprint density at radius 1 is 1.40 bits per heavy atom. The maximum Gasteiger partial charge on any atom is 0.270 e. The van der Waals surface area contributed by atoms with E-state index in [4.69, 9.17) is 11.6 Å². The Bertz CT molecular complexity index is 675. The van der Waals surface area contributed by atoms with E-state index in [9.17, 15) is 4.79 Å². The second kappa shape index (κ2) is 5.63. The highest BCUT2D eigenvalue weighted by Crippen LogP contribution is 2.30. The van der Waals surface area contributed by atoms with Crippen LogP contribution in [0.3, 0.4) is 0 Å². The molecule has 3 heterocycles. The van der Waals surface area contributed by atoms with Crippen LogP contribution in [0.25, 0.3) is 10.7 Å². The minimum Gasteiger partial charge on any atom is -0.317 e. The van der Waals surface area contributed by atoms with Crippen LogP contribution in [0, 0.1) is 6.92 Å². The number of hydrogen-bond acceptors (Lipinski definition) is 5. The molecule has 5 nitrogen and oxygen atoms in total. The van der Waals surface area contributed by atoms with Crippen LogP contribution >= 0.6 is 22.9 Å². The normalized spacial score (nSPS) is 16.5. The van der Waals surface area contributed by atoms with E-state index in [2.05, 4.69) is 20.3 Å². The van der Waals surface area contributed by atoms with Gasteiger partial charge in [-0.3, -0.25) is 4.79 Å². The molecule has 0 atom stereocenters. The van der Waals surface area contributed by atoms with Crippen molar-refractivity contribution in [2.75, 3.05) is 13.1 Å². The van der Waals surface area contributed by atoms with Crippen molar-refractivity contribution < 1.29 is 0 Å². The van der Waals surface area contributed by atoms with Gasteiger partial charge in [-0.05, 0) is 32.9 Å². The Balaban J connectivity index is 2.08. The maximum absolute atomic E-state index is 12.1. The van der Waals surface area contributed by atoms with Gasteiger partial charge in [0.15, 0.2) is 5.82 Å². The molecule has 0 aliphatic carbocycles. The first kappa shape index (κ1) is 13.7. The van der Waals surface area contributed by atoms with E-state index in [0.717, 1.165) is 42.2 Å². The Morgan fingerprint density at radius 3 is 2.80 bits per heavy atom. The van der Waals surface area contributed by atoms with Crippen LogP contribution < -0.4 is 10.9 Å². The molecule has 2 aromatic heterocycles. The molecule has 0 aromatic carbocycles. The summed E-state index contributed by atoms with van der Waals surface area (Å²) in [6.45, 7) is 3.78. The summed E-state index contributed by atoms with van der Waals surface area (Å²) in [5, 5.41) is 3.53. The molecule has 0 amide bonds. The van der Waals surface area contributed by atoms with Gasteiger partial charge < -0.3 is 10.3 Å². The van der Waals surface area contributed by atoms with Gasteiger partial charge in [-0.25, -0.2) is 9.97 Å². The number of halogens is 1. The van der Waals surface area contributed by atoms with Crippen molar-refractivity contribution in [1.82, 2.24) is 20.3 Å². The molecule has 106 valence electrons. The third kappa shape index (κ3) is 2.51. The standard InChI is InChI=1S/C13H15ClN4OS/c1-7-11(20-6-16-7)12-17-10(9(14)13(19)18-12)8-2-4-15-5-3-8/h6,8,15H,2-5H2,1H3,(H,17,18,19). The fourth-order valence-corrected chi connectivity index (χ4v) is 3.47. The molecule has 2 aromatic rings. The summed E-state index contributed by atoms with van der Waals surface area (Å²) in [4.78, 5) is 24.5. The minimum absolute atomic E-state index is 0.225. The summed E-state index contributed by atoms with van der Waals surface area (Å²) in [5.41, 5.74) is 3.08. The van der Waals surface area contributed by atoms with Crippen molar-refractivity contribution in [2.45, 2.75) is 25.7 Å². The van der Waals surface area contributed by atoms with Crippen molar-refractivity contribution in [3.05, 3.63) is 32.3 Å². The van der Waals surface area contributed by atoms with Crippen LogP contribution in [-0.2, 0) is 0 Å². The van der Waals surface area contributed by atoms with E-state index in [1.807, 2.05) is 6.92 Å². The molecule has 3 rings (SSSR count). The molecule has 1 aliphatic heterocycles. The first-order valence-corrected chi connectivity index (χ1v) is 7.83. The summed E-state index contributed by atoms with van der Waals surface area (Å²) in [6.07, 6.45) is 1.91. The minimum atomic E-state index is -0.266. The summed E-state index contributed by atoms with van der Waals surface area (Å²) in [5.74, 6) is 0.825. The van der Waals surface area contributed by atoms with E-state index >= 15 is 0 Å². The highest BCUT2D eigenvalue weighted by Gasteiger charge is 2.22. The third-order valence-electron chi connectivity index (χ3n) is 3.57. The van der Waals surface area contributed by atoms with E-state index in [-0.39, 0.29) is 16.5 Å². The number of piperidine rings is 1. The van der Waals surface area contributed by atoms with Crippen molar-refractivity contribution >= 4 is 22.9 Å². The van der Waals surface area contributed by atoms with Crippen LogP contribution in [0.1, 0.15) is 30.1 Å². The average Bonchev–Trinajstić information content (AvgIpc) is 2.89. The zero-order valence-electron chi connectivity index (χ0n) is 11.1. The lowest BCUT2D eigenvalue weighted by atomic mass is 9.94. The summed E-state index contributed by atoms with van der Waals surface area (Å²) in [6, 6.07) is 0. The molecule has 1 fully saturated rings. The lowest BCUT2D eigenvalue weighted by Gasteiger charge is -2.22. The van der Waals surface area contributed by atoms with Gasteiger partial charge in [0.05, 0.1) is 21.8 Å². The molecule has 1 saturated heterocycles. The Hall–Kier alpha value is -1.24. The summed E-state index contributed by atoms with van der Waals surface area (Å²) >= 11 is 7.63. The van der Waals surface area contributed by atoms with Crippen LogP contribution in [0.15, 0.2) is 10.3 Å². The fourth-order valence-electron chi connectivity index (χ4n) is 2.48. The first-order chi connectivity index (χ1) is 9.66. The molecule has 2 N–H and O–H groups in total. The van der Waals surface area contributed by atoms with Gasteiger partial charge in [0.2, 0.25) is 0 Å². The van der Waals surface area contributed by atoms with E-state index < -0.39 is 0 Å². The largest absolute Gasteiger partial charge is 0.317 e. The highest BCUT2D eigenvalue weighted by atomic mass is 35.5. The number of aryl methyl sites for hydroxylation is 1. The molecule has 1 aliphatic rings. The number of nitrogens with one attached hydrogen (secondary N) is 2. The third-order valence-corrected chi connectivity index (χ3v) is 4.88. The van der Waals surface area contributed by atoms with Crippen LogP contribution in [-0.4, -0.2) is 28.0 Å². The lowest BCUT2D eigenvalue weighted by molar-refractivity contribution is 0.453. The summed E-state index contributed by atoms with van der Waals surface area (Å²) < 4.78 is 0. The Morgan fingerprint density at radius 2 is 2.15 bits per heavy atom. The van der Waals surface area contributed by atoms with Crippen molar-refractivity contribution in [3.63, 3.8) is 0 Å². The van der Waals surface area contributed by atoms with Crippen LogP contribution in [0.2, 0.25) is 5.02 Å². The molecule has 0 bridgehead atoms. The van der Waals surface area contributed by atoms with Gasteiger partial charge in [-0.15, -0.1) is 11.3 Å². The number of rotatable bonds is 2. The molecule has 0 saturated carbocycles. The number of aromatic amines is 1. The zero-order valence-corrected chi connectivity index (χ0v) is 12.6. The molecule has 0 spiro atoms. The SMILES string of the molecule is Cc1ncsc1-c1nc(C2CCNCC2)c(Cl)c(=O)[nH]1. The predicted octanol–water partition coefficient (Wildman–Crippen LogP) is 2.32. The smallest absolute Gasteiger partial charge is 0.270 e. The number of thiazole rings is 1. The fraction of sp³-hybridized carbons (Fsp3) is 0.462. The first-order valence-electron chi connectivity index (χ1n) is 6.57. The van der Waals surface area contributed by atoms with E-state index in [1.54, 1.807) is 5.51 Å². The Kier molecular flexibility index (Phi) is 3.87. The molecule has 0 unspecified atom stereocenters. The number of aromatic nitrogens is 3. The number of hydrogen-bond donors (Lipinski definition) is 2. The van der Waals surface area contributed by atoms with Gasteiger partial charge in [0.25, 0.3) is 5.56 Å².